The molecule has 1 N–H and O–H groups in total. The van der Waals surface area contributed by atoms with Crippen LogP contribution in [0.25, 0.3) is 11.8 Å². The van der Waals surface area contributed by atoms with Crippen LogP contribution in [0, 0.1) is 13.8 Å². The van der Waals surface area contributed by atoms with Gasteiger partial charge < -0.3 is 5.32 Å². The predicted molar refractivity (Wildman–Crippen MR) is 93.9 cm³/mol. The van der Waals surface area contributed by atoms with Crippen LogP contribution in [0.1, 0.15) is 17.0 Å². The van der Waals surface area contributed by atoms with E-state index in [1.807, 2.05) is 48.9 Å². The number of nitrogens with zero attached hydrogens (tertiary/aromatic N) is 4. The lowest BCUT2D eigenvalue weighted by Gasteiger charge is -2.03. The summed E-state index contributed by atoms with van der Waals surface area (Å²) in [5.74, 6) is 0.306. The van der Waals surface area contributed by atoms with Crippen LogP contribution in [0.15, 0.2) is 48.7 Å². The number of carbonyl (C=O) groups excluding carboxylic acids is 1. The molecule has 3 aromatic rings. The molecule has 0 bridgehead atoms. The smallest absolute Gasteiger partial charge is 0.249 e. The fourth-order valence-electron chi connectivity index (χ4n) is 2.53. The van der Waals surface area contributed by atoms with E-state index in [-0.39, 0.29) is 5.91 Å². The highest BCUT2D eigenvalue weighted by Crippen LogP contribution is 2.19. The zero-order valence-corrected chi connectivity index (χ0v) is 13.9. The number of hydrogen-bond donors (Lipinski definition) is 1. The Kier molecular flexibility index (Phi) is 4.29. The number of benzene rings is 1. The van der Waals surface area contributed by atoms with Crippen molar-refractivity contribution in [3.05, 3.63) is 65.6 Å². The van der Waals surface area contributed by atoms with Gasteiger partial charge in [-0.05, 0) is 32.1 Å². The van der Waals surface area contributed by atoms with E-state index >= 15 is 0 Å². The summed E-state index contributed by atoms with van der Waals surface area (Å²) in [5.41, 5.74) is 3.80. The first kappa shape index (κ1) is 15.7. The lowest BCUT2D eigenvalue weighted by atomic mass is 10.2. The van der Waals surface area contributed by atoms with Crippen LogP contribution >= 0.6 is 0 Å². The van der Waals surface area contributed by atoms with E-state index < -0.39 is 0 Å². The monoisotopic (exact) mass is 321 g/mol. The van der Waals surface area contributed by atoms with Gasteiger partial charge in [0.05, 0.1) is 11.4 Å². The van der Waals surface area contributed by atoms with Gasteiger partial charge in [0.1, 0.15) is 0 Å². The number of carbonyl (C=O) groups is 1. The minimum atomic E-state index is -0.222. The Morgan fingerprint density at radius 3 is 2.54 bits per heavy atom. The highest BCUT2D eigenvalue weighted by atomic mass is 16.1. The van der Waals surface area contributed by atoms with Crippen molar-refractivity contribution in [3.8, 4) is 5.69 Å². The molecule has 122 valence electrons. The van der Waals surface area contributed by atoms with Crippen LogP contribution in [0.4, 0.5) is 5.82 Å². The number of amides is 1. The minimum absolute atomic E-state index is 0.222. The molecule has 0 fully saturated rings. The number of aryl methyl sites for hydroxylation is 2. The normalized spacial score (nSPS) is 11.1. The summed E-state index contributed by atoms with van der Waals surface area (Å²) in [6, 6.07) is 11.7. The number of aromatic nitrogens is 4. The van der Waals surface area contributed by atoms with E-state index in [9.17, 15) is 4.79 Å². The molecule has 0 aliphatic carbocycles. The van der Waals surface area contributed by atoms with Crippen molar-refractivity contribution >= 4 is 17.8 Å². The molecule has 0 saturated heterocycles. The Morgan fingerprint density at radius 2 is 1.88 bits per heavy atom. The maximum absolute atomic E-state index is 12.0. The molecule has 2 heterocycles. The van der Waals surface area contributed by atoms with Gasteiger partial charge in [-0.25, -0.2) is 4.68 Å². The fourth-order valence-corrected chi connectivity index (χ4v) is 2.53. The van der Waals surface area contributed by atoms with E-state index in [4.69, 9.17) is 0 Å². The van der Waals surface area contributed by atoms with Gasteiger partial charge in [0.2, 0.25) is 5.91 Å². The van der Waals surface area contributed by atoms with Crippen molar-refractivity contribution in [2.45, 2.75) is 13.8 Å². The van der Waals surface area contributed by atoms with E-state index in [2.05, 4.69) is 15.5 Å². The maximum atomic E-state index is 12.0. The second-order valence-corrected chi connectivity index (χ2v) is 5.53. The number of rotatable bonds is 4. The molecule has 24 heavy (non-hydrogen) atoms. The van der Waals surface area contributed by atoms with Crippen LogP contribution in [0.5, 0.6) is 0 Å². The van der Waals surface area contributed by atoms with Crippen molar-refractivity contribution in [2.75, 3.05) is 5.32 Å². The lowest BCUT2D eigenvalue weighted by Crippen LogP contribution is -2.08. The molecule has 6 nitrogen and oxygen atoms in total. The average Bonchev–Trinajstić information content (AvgIpc) is 3.10. The highest BCUT2D eigenvalue weighted by molar-refractivity contribution is 6.01. The molecule has 1 aromatic carbocycles. The van der Waals surface area contributed by atoms with Crippen molar-refractivity contribution in [2.24, 2.45) is 7.05 Å². The third kappa shape index (κ3) is 3.27. The zero-order valence-electron chi connectivity index (χ0n) is 13.9. The third-order valence-electron chi connectivity index (χ3n) is 3.71. The number of hydrogen-bond acceptors (Lipinski definition) is 3. The third-order valence-corrected chi connectivity index (χ3v) is 3.71. The molecule has 2 aromatic heterocycles. The van der Waals surface area contributed by atoms with Crippen molar-refractivity contribution in [1.29, 1.82) is 0 Å². The van der Waals surface area contributed by atoms with Crippen LogP contribution in [0.2, 0.25) is 0 Å². The summed E-state index contributed by atoms with van der Waals surface area (Å²) in [5, 5.41) is 11.4. The van der Waals surface area contributed by atoms with E-state index in [0.717, 1.165) is 22.6 Å². The summed E-state index contributed by atoms with van der Waals surface area (Å²) in [4.78, 5) is 12.0. The average molecular weight is 321 g/mol. The topological polar surface area (TPSA) is 64.7 Å². The van der Waals surface area contributed by atoms with Gasteiger partial charge in [0.15, 0.2) is 5.82 Å². The van der Waals surface area contributed by atoms with Crippen molar-refractivity contribution in [3.63, 3.8) is 0 Å². The van der Waals surface area contributed by atoms with Crippen LogP contribution < -0.4 is 5.32 Å². The Morgan fingerprint density at radius 1 is 1.12 bits per heavy atom. The summed E-state index contributed by atoms with van der Waals surface area (Å²) >= 11 is 0. The van der Waals surface area contributed by atoms with Crippen LogP contribution in [0.3, 0.4) is 0 Å². The molecular weight excluding hydrogens is 302 g/mol. The Balaban J connectivity index is 1.80. The number of anilines is 1. The standard InChI is InChI=1S/C18H19N5O/c1-13-16(9-10-18(24)19-17-11-12-22(3)21-17)14(2)23(20-13)15-7-5-4-6-8-15/h4-12H,1-3H3,(H,19,21,24). The summed E-state index contributed by atoms with van der Waals surface area (Å²) < 4.78 is 3.52. The van der Waals surface area contributed by atoms with E-state index in [0.29, 0.717) is 5.82 Å². The Labute approximate surface area is 140 Å². The number of para-hydroxylation sites is 1. The predicted octanol–water partition coefficient (Wildman–Crippen LogP) is 2.87. The van der Waals surface area contributed by atoms with E-state index in [1.165, 1.54) is 6.08 Å². The second-order valence-electron chi connectivity index (χ2n) is 5.53. The molecule has 0 spiro atoms. The molecule has 3 rings (SSSR count). The minimum Gasteiger partial charge on any atom is -0.306 e. The molecule has 0 atom stereocenters. The molecular formula is C18H19N5O. The first-order valence-electron chi connectivity index (χ1n) is 7.65. The van der Waals surface area contributed by atoms with Gasteiger partial charge in [-0.15, -0.1) is 0 Å². The maximum Gasteiger partial charge on any atom is 0.249 e. The summed E-state index contributed by atoms with van der Waals surface area (Å²) in [7, 11) is 1.80. The summed E-state index contributed by atoms with van der Waals surface area (Å²) in [6.45, 7) is 3.92. The van der Waals surface area contributed by atoms with Gasteiger partial charge >= 0.3 is 0 Å². The first-order chi connectivity index (χ1) is 11.5. The van der Waals surface area contributed by atoms with Crippen LogP contribution in [-0.4, -0.2) is 25.5 Å². The zero-order chi connectivity index (χ0) is 17.1. The van der Waals surface area contributed by atoms with Gasteiger partial charge in [-0.1, -0.05) is 18.2 Å². The largest absolute Gasteiger partial charge is 0.306 e. The van der Waals surface area contributed by atoms with Crippen molar-refractivity contribution < 1.29 is 4.79 Å². The molecule has 0 saturated carbocycles. The SMILES string of the molecule is Cc1nn(-c2ccccc2)c(C)c1C=CC(=O)Nc1ccn(C)n1. The fraction of sp³-hybridized carbons (Fsp3) is 0.167. The van der Waals surface area contributed by atoms with Crippen LogP contribution in [-0.2, 0) is 11.8 Å². The first-order valence-corrected chi connectivity index (χ1v) is 7.65. The van der Waals surface area contributed by atoms with Gasteiger partial charge in [-0.3, -0.25) is 9.48 Å². The quantitative estimate of drug-likeness (QED) is 0.752. The molecule has 0 unspecified atom stereocenters. The summed E-state index contributed by atoms with van der Waals surface area (Å²) in [6.07, 6.45) is 5.06. The molecule has 0 aliphatic rings. The van der Waals surface area contributed by atoms with Gasteiger partial charge in [0.25, 0.3) is 0 Å². The highest BCUT2D eigenvalue weighted by Gasteiger charge is 2.10. The van der Waals surface area contributed by atoms with Crippen molar-refractivity contribution in [1.82, 2.24) is 19.6 Å². The van der Waals surface area contributed by atoms with Gasteiger partial charge in [0, 0.05) is 36.6 Å². The molecule has 0 aliphatic heterocycles. The molecule has 1 amide bonds. The van der Waals surface area contributed by atoms with Gasteiger partial charge in [-0.2, -0.15) is 10.2 Å². The number of nitrogens with one attached hydrogen (secondary N) is 1. The Hall–Kier alpha value is -3.15. The molecule has 0 radical (unpaired) electrons. The second kappa shape index (κ2) is 6.54. The Bertz CT molecular complexity index is 890. The lowest BCUT2D eigenvalue weighted by molar-refractivity contribution is -0.111. The van der Waals surface area contributed by atoms with E-state index in [1.54, 1.807) is 30.1 Å². The molecule has 6 heteroatoms.